The van der Waals surface area contributed by atoms with Gasteiger partial charge in [-0.15, -0.1) is 0 Å². The third kappa shape index (κ3) is 3.89. The maximum absolute atomic E-state index is 13.4. The first-order valence-electron chi connectivity index (χ1n) is 9.26. The Kier molecular flexibility index (Phi) is 5.34. The Morgan fingerprint density at radius 2 is 1.61 bits per heavy atom. The normalized spacial score (nSPS) is 23.2. The molecule has 2 atom stereocenters. The van der Waals surface area contributed by atoms with E-state index in [-0.39, 0.29) is 29.5 Å². The lowest BCUT2D eigenvalue weighted by atomic mass is 10.0. The molecule has 0 aromatic heterocycles. The van der Waals surface area contributed by atoms with Gasteiger partial charge in [-0.25, -0.2) is 24.0 Å². The summed E-state index contributed by atoms with van der Waals surface area (Å²) in [5.41, 5.74) is 7.68. The predicted molar refractivity (Wildman–Crippen MR) is 97.7 cm³/mol. The minimum absolute atomic E-state index is 0.0902. The molecule has 2 aliphatic heterocycles. The molecule has 2 aromatic rings. The first-order valence-corrected chi connectivity index (χ1v) is 9.26. The van der Waals surface area contributed by atoms with Gasteiger partial charge in [0.25, 0.3) is 5.91 Å². The molecular weight excluding hydrogens is 369 g/mol. The Labute approximate surface area is 161 Å². The second-order valence-corrected chi connectivity index (χ2v) is 7.10. The second kappa shape index (κ2) is 7.90. The van der Waals surface area contributed by atoms with Gasteiger partial charge in [-0.2, -0.15) is 0 Å². The van der Waals surface area contributed by atoms with Gasteiger partial charge in [0.2, 0.25) is 0 Å². The van der Waals surface area contributed by atoms with Crippen LogP contribution in [-0.4, -0.2) is 48.1 Å². The summed E-state index contributed by atoms with van der Waals surface area (Å²) in [6.07, 6.45) is 0.929. The van der Waals surface area contributed by atoms with Crippen LogP contribution in [0.5, 0.6) is 0 Å². The standard InChI is InChI=1S/C20H21F3N4O/c21-15-4-1-13(2-5-15)18-12-19(25-24-18)26-7-9-27(10-8-26)20(28)14-3-6-16(22)17(23)11-14/h1-6,11,18-19,24-25H,7-10,12H2. The average molecular weight is 390 g/mol. The van der Waals surface area contributed by atoms with Crippen molar-refractivity contribution in [1.29, 1.82) is 0 Å². The molecule has 1 amide bonds. The monoisotopic (exact) mass is 390 g/mol. The van der Waals surface area contributed by atoms with Crippen molar-refractivity contribution in [2.24, 2.45) is 0 Å². The molecule has 4 rings (SSSR count). The zero-order valence-electron chi connectivity index (χ0n) is 15.2. The average Bonchev–Trinajstić information content (AvgIpc) is 3.20. The maximum atomic E-state index is 13.4. The van der Waals surface area contributed by atoms with E-state index in [0.29, 0.717) is 26.2 Å². The Morgan fingerprint density at radius 1 is 0.893 bits per heavy atom. The van der Waals surface area contributed by atoms with Gasteiger partial charge in [0, 0.05) is 37.8 Å². The molecule has 2 N–H and O–H groups in total. The molecule has 0 spiro atoms. The highest BCUT2D eigenvalue weighted by Crippen LogP contribution is 2.25. The smallest absolute Gasteiger partial charge is 0.254 e. The summed E-state index contributed by atoms with van der Waals surface area (Å²) in [7, 11) is 0. The molecule has 2 heterocycles. The molecule has 0 bridgehead atoms. The minimum Gasteiger partial charge on any atom is -0.336 e. The molecule has 8 heteroatoms. The van der Waals surface area contributed by atoms with E-state index in [1.807, 2.05) is 0 Å². The van der Waals surface area contributed by atoms with E-state index in [9.17, 15) is 18.0 Å². The van der Waals surface area contributed by atoms with E-state index >= 15 is 0 Å². The molecule has 2 unspecified atom stereocenters. The fourth-order valence-corrected chi connectivity index (χ4v) is 3.74. The van der Waals surface area contributed by atoms with E-state index in [1.165, 1.54) is 18.2 Å². The number of hydrogen-bond donors (Lipinski definition) is 2. The zero-order valence-corrected chi connectivity index (χ0v) is 15.2. The van der Waals surface area contributed by atoms with Crippen LogP contribution in [0.3, 0.4) is 0 Å². The number of benzene rings is 2. The summed E-state index contributed by atoms with van der Waals surface area (Å²) >= 11 is 0. The van der Waals surface area contributed by atoms with Gasteiger partial charge in [-0.3, -0.25) is 9.69 Å². The lowest BCUT2D eigenvalue weighted by molar-refractivity contribution is 0.0544. The van der Waals surface area contributed by atoms with E-state index < -0.39 is 11.6 Å². The van der Waals surface area contributed by atoms with Crippen LogP contribution in [0, 0.1) is 17.5 Å². The molecule has 2 aromatic carbocycles. The molecular formula is C20H21F3N4O. The number of hydrogen-bond acceptors (Lipinski definition) is 4. The maximum Gasteiger partial charge on any atom is 0.254 e. The first-order chi connectivity index (χ1) is 13.5. The van der Waals surface area contributed by atoms with Crippen molar-refractivity contribution in [2.75, 3.05) is 26.2 Å². The molecule has 0 radical (unpaired) electrons. The van der Waals surface area contributed by atoms with Gasteiger partial charge in [0.05, 0.1) is 6.17 Å². The number of nitrogens with zero attached hydrogens (tertiary/aromatic N) is 2. The van der Waals surface area contributed by atoms with Crippen LogP contribution in [-0.2, 0) is 0 Å². The predicted octanol–water partition coefficient (Wildman–Crippen LogP) is 2.43. The SMILES string of the molecule is O=C(c1ccc(F)c(F)c1)N1CCN(C2CC(c3ccc(F)cc3)NN2)CC1. The van der Waals surface area contributed by atoms with Gasteiger partial charge >= 0.3 is 0 Å². The molecule has 2 aliphatic rings. The molecule has 0 aliphatic carbocycles. The van der Waals surface area contributed by atoms with Crippen LogP contribution >= 0.6 is 0 Å². The minimum atomic E-state index is -1.02. The van der Waals surface area contributed by atoms with Crippen LogP contribution in [0.25, 0.3) is 0 Å². The number of rotatable bonds is 3. The number of carbonyl (C=O) groups excluding carboxylic acids is 1. The van der Waals surface area contributed by atoms with Crippen LogP contribution in [0.4, 0.5) is 13.2 Å². The first kappa shape index (κ1) is 18.9. The van der Waals surface area contributed by atoms with Crippen molar-refractivity contribution in [3.05, 3.63) is 71.0 Å². The topological polar surface area (TPSA) is 47.6 Å². The summed E-state index contributed by atoms with van der Waals surface area (Å²) < 4.78 is 39.5. The Balaban J connectivity index is 1.32. The Hall–Kier alpha value is -2.42. The molecule has 5 nitrogen and oxygen atoms in total. The quantitative estimate of drug-likeness (QED) is 0.845. The fourth-order valence-electron chi connectivity index (χ4n) is 3.74. The van der Waals surface area contributed by atoms with E-state index in [2.05, 4.69) is 15.8 Å². The lowest BCUT2D eigenvalue weighted by Gasteiger charge is -2.37. The van der Waals surface area contributed by atoms with Crippen molar-refractivity contribution in [2.45, 2.75) is 18.6 Å². The van der Waals surface area contributed by atoms with Gasteiger partial charge < -0.3 is 4.90 Å². The molecule has 0 saturated carbocycles. The number of nitrogens with one attached hydrogen (secondary N) is 2. The number of piperazine rings is 1. The third-order valence-corrected chi connectivity index (χ3v) is 5.36. The Morgan fingerprint density at radius 3 is 2.29 bits per heavy atom. The van der Waals surface area contributed by atoms with Crippen LogP contribution in [0.2, 0.25) is 0 Å². The van der Waals surface area contributed by atoms with Gasteiger partial charge in [0.15, 0.2) is 11.6 Å². The van der Waals surface area contributed by atoms with E-state index in [0.717, 1.165) is 24.1 Å². The van der Waals surface area contributed by atoms with E-state index in [1.54, 1.807) is 17.0 Å². The van der Waals surface area contributed by atoms with Crippen LogP contribution in [0.1, 0.15) is 28.4 Å². The second-order valence-electron chi connectivity index (χ2n) is 7.10. The van der Waals surface area contributed by atoms with Crippen LogP contribution in [0.15, 0.2) is 42.5 Å². The molecule has 148 valence electrons. The number of halogens is 3. The summed E-state index contributed by atoms with van der Waals surface area (Å²) in [4.78, 5) is 16.4. The summed E-state index contributed by atoms with van der Waals surface area (Å²) in [5.74, 6) is -2.53. The largest absolute Gasteiger partial charge is 0.336 e. The highest BCUT2D eigenvalue weighted by atomic mass is 19.2. The summed E-state index contributed by atoms with van der Waals surface area (Å²) in [6, 6.07) is 9.77. The highest BCUT2D eigenvalue weighted by molar-refractivity contribution is 5.94. The number of hydrazine groups is 1. The molecule has 28 heavy (non-hydrogen) atoms. The van der Waals surface area contributed by atoms with Crippen molar-refractivity contribution < 1.29 is 18.0 Å². The van der Waals surface area contributed by atoms with Crippen molar-refractivity contribution in [1.82, 2.24) is 20.7 Å². The van der Waals surface area contributed by atoms with Crippen molar-refractivity contribution in [3.8, 4) is 0 Å². The molecule has 2 fully saturated rings. The summed E-state index contributed by atoms with van der Waals surface area (Å²) in [5, 5.41) is 0. The zero-order chi connectivity index (χ0) is 19.7. The van der Waals surface area contributed by atoms with Gasteiger partial charge in [-0.1, -0.05) is 12.1 Å². The van der Waals surface area contributed by atoms with Crippen molar-refractivity contribution in [3.63, 3.8) is 0 Å². The number of carbonyl (C=O) groups is 1. The third-order valence-electron chi connectivity index (χ3n) is 5.36. The highest BCUT2D eigenvalue weighted by Gasteiger charge is 2.32. The number of amides is 1. The Bertz CT molecular complexity index is 853. The van der Waals surface area contributed by atoms with Gasteiger partial charge in [0.1, 0.15) is 5.82 Å². The van der Waals surface area contributed by atoms with Crippen molar-refractivity contribution >= 4 is 5.91 Å². The summed E-state index contributed by atoms with van der Waals surface area (Å²) in [6.45, 7) is 2.37. The van der Waals surface area contributed by atoms with Crippen LogP contribution < -0.4 is 10.9 Å². The van der Waals surface area contributed by atoms with Gasteiger partial charge in [-0.05, 0) is 42.3 Å². The lowest BCUT2D eigenvalue weighted by Crippen LogP contribution is -2.55. The fraction of sp³-hybridized carbons (Fsp3) is 0.350. The van der Waals surface area contributed by atoms with E-state index in [4.69, 9.17) is 0 Å². The molecule has 2 saturated heterocycles.